The smallest absolute Gasteiger partial charge is 0.408 e. The van der Waals surface area contributed by atoms with Crippen molar-refractivity contribution >= 4 is 39.2 Å². The van der Waals surface area contributed by atoms with Crippen molar-refractivity contribution in [2.45, 2.75) is 18.6 Å². The molecule has 26 heavy (non-hydrogen) atoms. The SMILES string of the molecule is O=C(N[C@@H]1C(=S)NC[C@H]1c1c(F)cc(Br)cc1F)OCc1ccccc1. The summed E-state index contributed by atoms with van der Waals surface area (Å²) in [5, 5.41) is 5.49. The fourth-order valence-electron chi connectivity index (χ4n) is 2.86. The molecule has 0 radical (unpaired) electrons. The Labute approximate surface area is 163 Å². The third kappa shape index (κ3) is 4.19. The van der Waals surface area contributed by atoms with E-state index in [9.17, 15) is 13.6 Å². The van der Waals surface area contributed by atoms with Gasteiger partial charge in [0, 0.05) is 22.5 Å². The van der Waals surface area contributed by atoms with E-state index in [0.717, 1.165) is 5.56 Å². The van der Waals surface area contributed by atoms with Gasteiger partial charge >= 0.3 is 6.09 Å². The number of thiocarbonyl (C=S) groups is 1. The Morgan fingerprint density at radius 2 is 1.92 bits per heavy atom. The monoisotopic (exact) mass is 440 g/mol. The average Bonchev–Trinajstić information content (AvgIpc) is 2.94. The number of amides is 1. The fourth-order valence-corrected chi connectivity index (χ4v) is 3.56. The molecule has 0 spiro atoms. The highest BCUT2D eigenvalue weighted by Gasteiger charge is 2.37. The quantitative estimate of drug-likeness (QED) is 0.704. The molecule has 0 unspecified atom stereocenters. The number of hydrogen-bond donors (Lipinski definition) is 2. The van der Waals surface area contributed by atoms with Crippen molar-refractivity contribution in [1.29, 1.82) is 0 Å². The van der Waals surface area contributed by atoms with Crippen LogP contribution in [0.5, 0.6) is 0 Å². The lowest BCUT2D eigenvalue weighted by Gasteiger charge is -2.21. The number of alkyl carbamates (subject to hydrolysis) is 1. The van der Waals surface area contributed by atoms with E-state index in [-0.39, 0.29) is 18.7 Å². The number of ether oxygens (including phenoxy) is 1. The van der Waals surface area contributed by atoms with E-state index in [4.69, 9.17) is 17.0 Å². The first-order valence-electron chi connectivity index (χ1n) is 7.85. The van der Waals surface area contributed by atoms with Gasteiger partial charge in [0.25, 0.3) is 0 Å². The van der Waals surface area contributed by atoms with Crippen LogP contribution in [0.2, 0.25) is 0 Å². The third-order valence-corrected chi connectivity index (χ3v) is 4.94. The largest absolute Gasteiger partial charge is 0.445 e. The predicted molar refractivity (Wildman–Crippen MR) is 101 cm³/mol. The molecule has 0 aliphatic carbocycles. The Morgan fingerprint density at radius 1 is 1.27 bits per heavy atom. The number of benzene rings is 2. The van der Waals surface area contributed by atoms with Gasteiger partial charge in [-0.15, -0.1) is 0 Å². The zero-order chi connectivity index (χ0) is 18.7. The maximum Gasteiger partial charge on any atom is 0.408 e. The number of nitrogens with one attached hydrogen (secondary N) is 2. The number of carbonyl (C=O) groups is 1. The molecule has 2 atom stereocenters. The van der Waals surface area contributed by atoms with Gasteiger partial charge in [0.05, 0.1) is 11.0 Å². The average molecular weight is 441 g/mol. The number of hydrogen-bond acceptors (Lipinski definition) is 3. The summed E-state index contributed by atoms with van der Waals surface area (Å²) in [6.07, 6.45) is -0.701. The van der Waals surface area contributed by atoms with Gasteiger partial charge < -0.3 is 15.4 Å². The second kappa shape index (κ2) is 8.09. The van der Waals surface area contributed by atoms with Crippen LogP contribution in [0.4, 0.5) is 13.6 Å². The van der Waals surface area contributed by atoms with Crippen LogP contribution in [0.3, 0.4) is 0 Å². The molecule has 1 saturated heterocycles. The minimum absolute atomic E-state index is 0.0885. The van der Waals surface area contributed by atoms with Gasteiger partial charge in [0.1, 0.15) is 18.2 Å². The predicted octanol–water partition coefficient (Wildman–Crippen LogP) is 4.04. The van der Waals surface area contributed by atoms with Gasteiger partial charge in [-0.2, -0.15) is 0 Å². The van der Waals surface area contributed by atoms with E-state index in [1.807, 2.05) is 30.3 Å². The van der Waals surface area contributed by atoms with Crippen LogP contribution in [-0.4, -0.2) is 23.7 Å². The standard InChI is InChI=1S/C18H15BrF2N2O2S/c19-11-6-13(20)15(14(21)7-11)12-8-22-17(26)16(12)23-18(24)25-9-10-4-2-1-3-5-10/h1-7,12,16H,8-9H2,(H,22,26)(H,23,24)/t12-,16-/m0/s1. The molecule has 4 nitrogen and oxygen atoms in total. The Kier molecular flexibility index (Phi) is 5.83. The van der Waals surface area contributed by atoms with Crippen molar-refractivity contribution in [3.05, 3.63) is 69.7 Å². The Balaban J connectivity index is 1.71. The van der Waals surface area contributed by atoms with E-state index >= 15 is 0 Å². The lowest BCUT2D eigenvalue weighted by atomic mass is 9.93. The summed E-state index contributed by atoms with van der Waals surface area (Å²) in [5.74, 6) is -2.06. The summed E-state index contributed by atoms with van der Waals surface area (Å²) in [5.41, 5.74) is 0.713. The van der Waals surface area contributed by atoms with Crippen molar-refractivity contribution in [2.75, 3.05) is 6.54 Å². The molecule has 136 valence electrons. The number of rotatable bonds is 4. The van der Waals surface area contributed by atoms with Crippen molar-refractivity contribution in [1.82, 2.24) is 10.6 Å². The maximum absolute atomic E-state index is 14.3. The first-order valence-corrected chi connectivity index (χ1v) is 9.05. The van der Waals surface area contributed by atoms with E-state index in [1.165, 1.54) is 12.1 Å². The molecule has 2 aromatic rings. The molecule has 1 fully saturated rings. The van der Waals surface area contributed by atoms with Crippen LogP contribution in [0, 0.1) is 11.6 Å². The normalized spacial score (nSPS) is 19.1. The van der Waals surface area contributed by atoms with Crippen LogP contribution in [0.25, 0.3) is 0 Å². The summed E-state index contributed by atoms with van der Waals surface area (Å²) in [7, 11) is 0. The minimum Gasteiger partial charge on any atom is -0.445 e. The summed E-state index contributed by atoms with van der Waals surface area (Å²) < 4.78 is 34.0. The van der Waals surface area contributed by atoms with Crippen LogP contribution >= 0.6 is 28.1 Å². The van der Waals surface area contributed by atoms with Crippen LogP contribution < -0.4 is 10.6 Å². The van der Waals surface area contributed by atoms with Crippen LogP contribution in [-0.2, 0) is 11.3 Å². The molecule has 1 heterocycles. The molecule has 8 heteroatoms. The molecular weight excluding hydrogens is 426 g/mol. The van der Waals surface area contributed by atoms with Gasteiger partial charge in [-0.05, 0) is 17.7 Å². The summed E-state index contributed by atoms with van der Waals surface area (Å²) in [6, 6.07) is 10.8. The minimum atomic E-state index is -0.751. The highest BCUT2D eigenvalue weighted by atomic mass is 79.9. The molecule has 1 aliphatic rings. The molecule has 2 aromatic carbocycles. The van der Waals surface area contributed by atoms with E-state index in [1.54, 1.807) is 0 Å². The Hall–Kier alpha value is -2.06. The summed E-state index contributed by atoms with van der Waals surface area (Å²) in [6.45, 7) is 0.309. The second-order valence-corrected chi connectivity index (χ2v) is 7.17. The van der Waals surface area contributed by atoms with Crippen molar-refractivity contribution in [3.63, 3.8) is 0 Å². The second-order valence-electron chi connectivity index (χ2n) is 5.82. The molecule has 0 aromatic heterocycles. The zero-order valence-corrected chi connectivity index (χ0v) is 15.9. The van der Waals surface area contributed by atoms with Crippen molar-refractivity contribution in [2.24, 2.45) is 0 Å². The zero-order valence-electron chi connectivity index (χ0n) is 13.5. The third-order valence-electron chi connectivity index (χ3n) is 4.08. The maximum atomic E-state index is 14.3. The highest BCUT2D eigenvalue weighted by Crippen LogP contribution is 2.31. The van der Waals surface area contributed by atoms with Crippen molar-refractivity contribution < 1.29 is 18.3 Å². The lowest BCUT2D eigenvalue weighted by molar-refractivity contribution is 0.137. The number of carbonyl (C=O) groups excluding carboxylic acids is 1. The van der Waals surface area contributed by atoms with Gasteiger partial charge in [-0.3, -0.25) is 0 Å². The van der Waals surface area contributed by atoms with E-state index < -0.39 is 29.7 Å². The molecule has 2 N–H and O–H groups in total. The Bertz CT molecular complexity index is 812. The Morgan fingerprint density at radius 3 is 2.58 bits per heavy atom. The van der Waals surface area contributed by atoms with E-state index in [2.05, 4.69) is 26.6 Å². The first-order chi connectivity index (χ1) is 12.5. The lowest BCUT2D eigenvalue weighted by Crippen LogP contribution is -2.42. The highest BCUT2D eigenvalue weighted by molar-refractivity contribution is 9.10. The number of halogens is 3. The summed E-state index contributed by atoms with van der Waals surface area (Å²) >= 11 is 8.24. The molecule has 1 aliphatic heterocycles. The fraction of sp³-hybridized carbons (Fsp3) is 0.222. The van der Waals surface area contributed by atoms with Crippen LogP contribution in [0.1, 0.15) is 17.0 Å². The molecule has 0 saturated carbocycles. The summed E-state index contributed by atoms with van der Waals surface area (Å²) in [4.78, 5) is 12.4. The van der Waals surface area contributed by atoms with Gasteiger partial charge in [-0.1, -0.05) is 58.5 Å². The molecule has 0 bridgehead atoms. The van der Waals surface area contributed by atoms with Gasteiger partial charge in [-0.25, -0.2) is 13.6 Å². The molecular formula is C18H15BrF2N2O2S. The van der Waals surface area contributed by atoms with Gasteiger partial charge in [0.15, 0.2) is 0 Å². The molecule has 1 amide bonds. The van der Waals surface area contributed by atoms with E-state index in [0.29, 0.717) is 9.46 Å². The van der Waals surface area contributed by atoms with Crippen LogP contribution in [0.15, 0.2) is 46.9 Å². The first kappa shape index (κ1) is 18.7. The van der Waals surface area contributed by atoms with Crippen molar-refractivity contribution in [3.8, 4) is 0 Å². The molecule has 3 rings (SSSR count). The topological polar surface area (TPSA) is 50.4 Å². The van der Waals surface area contributed by atoms with Gasteiger partial charge in [0.2, 0.25) is 0 Å².